The van der Waals surface area contributed by atoms with E-state index >= 15 is 0 Å². The fourth-order valence-corrected chi connectivity index (χ4v) is 2.05. The van der Waals surface area contributed by atoms with Crippen molar-refractivity contribution in [2.75, 3.05) is 32.2 Å². The Hall–Kier alpha value is -1.46. The number of nitrogens with one attached hydrogen (secondary N) is 1. The third-order valence-corrected chi connectivity index (χ3v) is 3.10. The summed E-state index contributed by atoms with van der Waals surface area (Å²) in [6.07, 6.45) is 0. The van der Waals surface area contributed by atoms with Crippen LogP contribution in [0.4, 0.5) is 5.69 Å². The molecular weight excluding hydrogens is 258 g/mol. The molecule has 1 heterocycles. The molecule has 1 aromatic carbocycles. The third kappa shape index (κ3) is 3.77. The van der Waals surface area contributed by atoms with Crippen LogP contribution in [-0.2, 0) is 9.47 Å². The lowest BCUT2D eigenvalue weighted by molar-refractivity contribution is -0.247. The van der Waals surface area contributed by atoms with Crippen LogP contribution in [0.5, 0.6) is 11.5 Å². The molecule has 0 aromatic heterocycles. The molecule has 0 spiro atoms. The summed E-state index contributed by atoms with van der Waals surface area (Å²) >= 11 is 0. The third-order valence-electron chi connectivity index (χ3n) is 3.10. The molecular formula is C15H23NO4. The molecule has 0 atom stereocenters. The zero-order valence-electron chi connectivity index (χ0n) is 12.6. The van der Waals surface area contributed by atoms with Gasteiger partial charge in [-0.25, -0.2) is 0 Å². The van der Waals surface area contributed by atoms with Gasteiger partial charge in [-0.15, -0.1) is 0 Å². The van der Waals surface area contributed by atoms with Crippen molar-refractivity contribution >= 4 is 5.69 Å². The summed E-state index contributed by atoms with van der Waals surface area (Å²) in [6, 6.07) is 5.91. The molecule has 1 saturated heterocycles. The molecule has 2 rings (SSSR count). The minimum Gasteiger partial charge on any atom is -0.493 e. The molecule has 0 bridgehead atoms. The predicted molar refractivity (Wildman–Crippen MR) is 77.6 cm³/mol. The second kappa shape index (κ2) is 6.33. The highest BCUT2D eigenvalue weighted by atomic mass is 16.7. The van der Waals surface area contributed by atoms with E-state index in [4.69, 9.17) is 18.9 Å². The van der Waals surface area contributed by atoms with Gasteiger partial charge < -0.3 is 24.3 Å². The first-order valence-electron chi connectivity index (χ1n) is 6.89. The fourth-order valence-electron chi connectivity index (χ4n) is 2.05. The lowest BCUT2D eigenvalue weighted by Crippen LogP contribution is -2.45. The van der Waals surface area contributed by atoms with Gasteiger partial charge in [0.05, 0.1) is 33.0 Å². The van der Waals surface area contributed by atoms with E-state index in [1.165, 1.54) is 0 Å². The van der Waals surface area contributed by atoms with E-state index < -0.39 is 5.79 Å². The molecule has 1 aliphatic rings. The summed E-state index contributed by atoms with van der Waals surface area (Å²) in [5, 5.41) is 3.38. The standard InChI is InChI=1S/C15H23NO4/c1-5-18-14-8-11(6-7-13(14)17-4)16-12-9-19-15(2,3)20-10-12/h6-8,12,16H,5,9-10H2,1-4H3. The smallest absolute Gasteiger partial charge is 0.163 e. The summed E-state index contributed by atoms with van der Waals surface area (Å²) in [7, 11) is 1.63. The van der Waals surface area contributed by atoms with Gasteiger partial charge >= 0.3 is 0 Å². The second-order valence-corrected chi connectivity index (χ2v) is 5.16. The molecule has 112 valence electrons. The van der Waals surface area contributed by atoms with Gasteiger partial charge in [0.1, 0.15) is 0 Å². The van der Waals surface area contributed by atoms with Crippen LogP contribution in [0.2, 0.25) is 0 Å². The Balaban J connectivity index is 2.01. The fraction of sp³-hybridized carbons (Fsp3) is 0.600. The van der Waals surface area contributed by atoms with E-state index in [1.54, 1.807) is 7.11 Å². The van der Waals surface area contributed by atoms with Crippen molar-refractivity contribution in [3.8, 4) is 11.5 Å². The molecule has 1 aliphatic heterocycles. The Labute approximate surface area is 120 Å². The molecule has 1 N–H and O–H groups in total. The number of anilines is 1. The molecule has 1 fully saturated rings. The first-order valence-corrected chi connectivity index (χ1v) is 6.89. The largest absolute Gasteiger partial charge is 0.493 e. The average Bonchev–Trinajstić information content (AvgIpc) is 2.42. The lowest BCUT2D eigenvalue weighted by atomic mass is 10.2. The molecule has 1 aromatic rings. The SMILES string of the molecule is CCOc1cc(NC2COC(C)(C)OC2)ccc1OC. The van der Waals surface area contributed by atoms with Crippen molar-refractivity contribution in [1.82, 2.24) is 0 Å². The first kappa shape index (κ1) is 14.9. The first-order chi connectivity index (χ1) is 9.54. The maximum Gasteiger partial charge on any atom is 0.163 e. The Morgan fingerprint density at radius 3 is 2.55 bits per heavy atom. The monoisotopic (exact) mass is 281 g/mol. The lowest BCUT2D eigenvalue weighted by Gasteiger charge is -2.35. The van der Waals surface area contributed by atoms with E-state index in [-0.39, 0.29) is 6.04 Å². The van der Waals surface area contributed by atoms with E-state index in [9.17, 15) is 0 Å². The second-order valence-electron chi connectivity index (χ2n) is 5.16. The maximum absolute atomic E-state index is 5.63. The van der Waals surface area contributed by atoms with Crippen LogP contribution in [0.3, 0.4) is 0 Å². The molecule has 0 amide bonds. The highest BCUT2D eigenvalue weighted by molar-refractivity contribution is 5.55. The molecule has 20 heavy (non-hydrogen) atoms. The molecule has 0 radical (unpaired) electrons. The average molecular weight is 281 g/mol. The van der Waals surface area contributed by atoms with Crippen LogP contribution in [0, 0.1) is 0 Å². The Bertz CT molecular complexity index is 437. The molecule has 5 heteroatoms. The van der Waals surface area contributed by atoms with Crippen molar-refractivity contribution in [2.24, 2.45) is 0 Å². The van der Waals surface area contributed by atoms with Crippen molar-refractivity contribution in [3.05, 3.63) is 18.2 Å². The molecule has 0 saturated carbocycles. The van der Waals surface area contributed by atoms with Gasteiger partial charge in [0.15, 0.2) is 17.3 Å². The zero-order valence-corrected chi connectivity index (χ0v) is 12.6. The van der Waals surface area contributed by atoms with Crippen LogP contribution < -0.4 is 14.8 Å². The van der Waals surface area contributed by atoms with E-state index in [0.29, 0.717) is 19.8 Å². The van der Waals surface area contributed by atoms with E-state index in [2.05, 4.69) is 5.32 Å². The van der Waals surface area contributed by atoms with Gasteiger partial charge in [0.25, 0.3) is 0 Å². The number of ether oxygens (including phenoxy) is 4. The summed E-state index contributed by atoms with van der Waals surface area (Å²) < 4.78 is 22.1. The number of rotatable bonds is 5. The Morgan fingerprint density at radius 1 is 1.25 bits per heavy atom. The number of hydrogen-bond donors (Lipinski definition) is 1. The van der Waals surface area contributed by atoms with Crippen LogP contribution >= 0.6 is 0 Å². The molecule has 0 unspecified atom stereocenters. The van der Waals surface area contributed by atoms with Crippen molar-refractivity contribution in [2.45, 2.75) is 32.6 Å². The Morgan fingerprint density at radius 2 is 1.95 bits per heavy atom. The van der Waals surface area contributed by atoms with Gasteiger partial charge in [-0.3, -0.25) is 0 Å². The van der Waals surface area contributed by atoms with Crippen molar-refractivity contribution in [3.63, 3.8) is 0 Å². The summed E-state index contributed by atoms with van der Waals surface area (Å²) in [6.45, 7) is 7.62. The predicted octanol–water partition coefficient (Wildman–Crippen LogP) is 2.66. The maximum atomic E-state index is 5.63. The van der Waals surface area contributed by atoms with Gasteiger partial charge in [0, 0.05) is 11.8 Å². The van der Waals surface area contributed by atoms with Crippen LogP contribution in [0.1, 0.15) is 20.8 Å². The number of hydrogen-bond acceptors (Lipinski definition) is 5. The number of methoxy groups -OCH3 is 1. The quantitative estimate of drug-likeness (QED) is 0.899. The number of benzene rings is 1. The van der Waals surface area contributed by atoms with Crippen molar-refractivity contribution in [1.29, 1.82) is 0 Å². The van der Waals surface area contributed by atoms with Crippen LogP contribution in [0.15, 0.2) is 18.2 Å². The van der Waals surface area contributed by atoms with Gasteiger partial charge in [-0.1, -0.05) is 0 Å². The van der Waals surface area contributed by atoms with Gasteiger partial charge in [-0.05, 0) is 32.9 Å². The van der Waals surface area contributed by atoms with E-state index in [1.807, 2.05) is 39.0 Å². The van der Waals surface area contributed by atoms with Crippen molar-refractivity contribution < 1.29 is 18.9 Å². The highest BCUT2D eigenvalue weighted by Crippen LogP contribution is 2.31. The minimum absolute atomic E-state index is 0.130. The minimum atomic E-state index is -0.491. The zero-order chi connectivity index (χ0) is 14.6. The van der Waals surface area contributed by atoms with E-state index in [0.717, 1.165) is 17.2 Å². The molecule has 5 nitrogen and oxygen atoms in total. The summed E-state index contributed by atoms with van der Waals surface area (Å²) in [5.41, 5.74) is 0.964. The summed E-state index contributed by atoms with van der Waals surface area (Å²) in [4.78, 5) is 0. The van der Waals surface area contributed by atoms with Gasteiger partial charge in [-0.2, -0.15) is 0 Å². The van der Waals surface area contributed by atoms with Crippen LogP contribution in [0.25, 0.3) is 0 Å². The highest BCUT2D eigenvalue weighted by Gasteiger charge is 2.28. The molecule has 0 aliphatic carbocycles. The Kier molecular flexibility index (Phi) is 4.73. The van der Waals surface area contributed by atoms with Gasteiger partial charge in [0.2, 0.25) is 0 Å². The normalized spacial score (nSPS) is 18.6. The van der Waals surface area contributed by atoms with Crippen LogP contribution in [-0.4, -0.2) is 38.8 Å². The topological polar surface area (TPSA) is 49.0 Å². The summed E-state index contributed by atoms with van der Waals surface area (Å²) in [5.74, 6) is 0.974.